The lowest BCUT2D eigenvalue weighted by Gasteiger charge is -2.41. The van der Waals surface area contributed by atoms with Gasteiger partial charge in [0.25, 0.3) is 0 Å². The molecule has 1 aliphatic rings. The summed E-state index contributed by atoms with van der Waals surface area (Å²) in [5, 5.41) is 0. The van der Waals surface area contributed by atoms with E-state index in [1.165, 1.54) is 25.9 Å². The summed E-state index contributed by atoms with van der Waals surface area (Å²) in [6.45, 7) is 21.6. The Labute approximate surface area is 109 Å². The molecule has 0 radical (unpaired) electrons. The van der Waals surface area contributed by atoms with Gasteiger partial charge in [-0.2, -0.15) is 0 Å². The molecule has 0 aromatic rings. The molecule has 1 fully saturated rings. The lowest BCUT2D eigenvalue weighted by Crippen LogP contribution is -2.47. The Morgan fingerprint density at radius 2 is 1.53 bits per heavy atom. The lowest BCUT2D eigenvalue weighted by molar-refractivity contribution is 0.0693. The van der Waals surface area contributed by atoms with Crippen molar-refractivity contribution < 1.29 is 0 Å². The number of nitrogens with zero attached hydrogens (tertiary/aromatic N) is 1. The third-order valence-corrected chi connectivity index (χ3v) is 4.40. The predicted molar refractivity (Wildman–Crippen MR) is 77.3 cm³/mol. The molecule has 0 bridgehead atoms. The number of hydrogen-bond acceptors (Lipinski definition) is 1. The van der Waals surface area contributed by atoms with Gasteiger partial charge in [-0.25, -0.2) is 0 Å². The minimum Gasteiger partial charge on any atom is -0.298 e. The summed E-state index contributed by atoms with van der Waals surface area (Å²) in [7, 11) is 0. The van der Waals surface area contributed by atoms with Gasteiger partial charge in [-0.3, -0.25) is 4.90 Å². The second-order valence-corrected chi connectivity index (χ2v) is 8.82. The van der Waals surface area contributed by atoms with Crippen molar-refractivity contribution >= 4 is 0 Å². The van der Waals surface area contributed by atoms with Gasteiger partial charge >= 0.3 is 0 Å². The lowest BCUT2D eigenvalue weighted by atomic mass is 9.76. The van der Waals surface area contributed by atoms with Crippen LogP contribution in [0.25, 0.3) is 0 Å². The molecule has 0 spiro atoms. The molecule has 1 heterocycles. The zero-order valence-corrected chi connectivity index (χ0v) is 13.4. The molecule has 1 rings (SSSR count). The molecular weight excluding hydrogens is 206 g/mol. The van der Waals surface area contributed by atoms with Crippen LogP contribution in [-0.2, 0) is 0 Å². The van der Waals surface area contributed by atoms with Gasteiger partial charge in [0.2, 0.25) is 0 Å². The molecule has 102 valence electrons. The largest absolute Gasteiger partial charge is 0.298 e. The molecule has 1 aliphatic heterocycles. The Hall–Kier alpha value is -0.0400. The van der Waals surface area contributed by atoms with Crippen molar-refractivity contribution in [2.75, 3.05) is 13.1 Å². The van der Waals surface area contributed by atoms with E-state index in [-0.39, 0.29) is 0 Å². The minimum absolute atomic E-state index is 0.297. The van der Waals surface area contributed by atoms with Gasteiger partial charge in [0, 0.05) is 18.6 Å². The van der Waals surface area contributed by atoms with Crippen LogP contribution in [0.3, 0.4) is 0 Å². The van der Waals surface area contributed by atoms with Crippen LogP contribution >= 0.6 is 0 Å². The summed E-state index contributed by atoms with van der Waals surface area (Å²) >= 11 is 0. The van der Waals surface area contributed by atoms with Gasteiger partial charge in [-0.15, -0.1) is 0 Å². The molecule has 1 unspecified atom stereocenters. The molecule has 17 heavy (non-hydrogen) atoms. The average Bonchev–Trinajstić information content (AvgIpc) is 2.20. The standard InChI is InChI=1S/C16H33N/c1-14(2,3)13-9-10-16(7,8)12-17(11-13)15(4,5)6/h13H,9-12H2,1-8H3. The van der Waals surface area contributed by atoms with Crippen molar-refractivity contribution in [3.63, 3.8) is 0 Å². The Morgan fingerprint density at radius 1 is 1.00 bits per heavy atom. The maximum Gasteiger partial charge on any atom is 0.0125 e. The molecule has 0 amide bonds. The zero-order chi connectivity index (χ0) is 13.5. The fraction of sp³-hybridized carbons (Fsp3) is 1.00. The monoisotopic (exact) mass is 239 g/mol. The maximum absolute atomic E-state index is 2.70. The number of hydrogen-bond donors (Lipinski definition) is 0. The molecule has 1 atom stereocenters. The van der Waals surface area contributed by atoms with Crippen LogP contribution in [0.2, 0.25) is 0 Å². The minimum atomic E-state index is 0.297. The first-order chi connectivity index (χ1) is 7.42. The van der Waals surface area contributed by atoms with E-state index in [4.69, 9.17) is 0 Å². The zero-order valence-electron chi connectivity index (χ0n) is 13.4. The fourth-order valence-corrected chi connectivity index (χ4v) is 2.80. The first-order valence-corrected chi connectivity index (χ1v) is 7.17. The highest BCUT2D eigenvalue weighted by Gasteiger charge is 2.37. The normalized spacial score (nSPS) is 27.9. The van der Waals surface area contributed by atoms with Gasteiger partial charge in [-0.1, -0.05) is 34.6 Å². The molecule has 0 aromatic heterocycles. The second kappa shape index (κ2) is 4.57. The van der Waals surface area contributed by atoms with E-state index < -0.39 is 0 Å². The van der Waals surface area contributed by atoms with Crippen LogP contribution in [0.5, 0.6) is 0 Å². The van der Waals surface area contributed by atoms with Crippen LogP contribution in [0.1, 0.15) is 68.2 Å². The highest BCUT2D eigenvalue weighted by molar-refractivity contribution is 4.90. The Bertz CT molecular complexity index is 252. The summed E-state index contributed by atoms with van der Waals surface area (Å²) in [5.74, 6) is 0.823. The summed E-state index contributed by atoms with van der Waals surface area (Å²) in [4.78, 5) is 2.70. The van der Waals surface area contributed by atoms with E-state index in [1.807, 2.05) is 0 Å². The maximum atomic E-state index is 2.70. The van der Waals surface area contributed by atoms with Crippen molar-refractivity contribution in [2.45, 2.75) is 73.8 Å². The van der Waals surface area contributed by atoms with Crippen LogP contribution in [0.15, 0.2) is 0 Å². The molecule has 0 aromatic carbocycles. The summed E-state index contributed by atoms with van der Waals surface area (Å²) < 4.78 is 0. The Kier molecular flexibility index (Phi) is 4.04. The van der Waals surface area contributed by atoms with Crippen LogP contribution in [0, 0.1) is 16.7 Å². The van der Waals surface area contributed by atoms with E-state index in [9.17, 15) is 0 Å². The van der Waals surface area contributed by atoms with Crippen molar-refractivity contribution in [3.8, 4) is 0 Å². The average molecular weight is 239 g/mol. The predicted octanol–water partition coefficient (Wildman–Crippen LogP) is 4.57. The molecule has 1 saturated heterocycles. The van der Waals surface area contributed by atoms with Crippen molar-refractivity contribution in [3.05, 3.63) is 0 Å². The van der Waals surface area contributed by atoms with Crippen molar-refractivity contribution in [1.82, 2.24) is 4.90 Å². The summed E-state index contributed by atoms with van der Waals surface area (Å²) in [5.41, 5.74) is 1.20. The smallest absolute Gasteiger partial charge is 0.0125 e. The van der Waals surface area contributed by atoms with E-state index in [0.29, 0.717) is 16.4 Å². The van der Waals surface area contributed by atoms with E-state index in [2.05, 4.69) is 60.3 Å². The van der Waals surface area contributed by atoms with Gasteiger partial charge in [0.05, 0.1) is 0 Å². The second-order valence-electron chi connectivity index (χ2n) is 8.82. The molecule has 0 N–H and O–H groups in total. The molecule has 0 saturated carbocycles. The third-order valence-electron chi connectivity index (χ3n) is 4.40. The Morgan fingerprint density at radius 3 is 1.94 bits per heavy atom. The summed E-state index contributed by atoms with van der Waals surface area (Å²) in [6, 6.07) is 0. The molecular formula is C16H33N. The number of likely N-dealkylation sites (tertiary alicyclic amines) is 1. The van der Waals surface area contributed by atoms with E-state index in [0.717, 1.165) is 5.92 Å². The van der Waals surface area contributed by atoms with E-state index >= 15 is 0 Å². The summed E-state index contributed by atoms with van der Waals surface area (Å²) in [6.07, 6.45) is 2.74. The molecule has 1 heteroatoms. The molecule has 0 aliphatic carbocycles. The van der Waals surface area contributed by atoms with Crippen LogP contribution in [0.4, 0.5) is 0 Å². The molecule has 1 nitrogen and oxygen atoms in total. The highest BCUT2D eigenvalue weighted by Crippen LogP contribution is 2.39. The fourth-order valence-electron chi connectivity index (χ4n) is 2.80. The van der Waals surface area contributed by atoms with Crippen molar-refractivity contribution in [2.24, 2.45) is 16.7 Å². The van der Waals surface area contributed by atoms with Gasteiger partial charge < -0.3 is 0 Å². The first kappa shape index (κ1) is 15.0. The Balaban J connectivity index is 2.90. The van der Waals surface area contributed by atoms with Crippen LogP contribution in [-0.4, -0.2) is 23.5 Å². The quantitative estimate of drug-likeness (QED) is 0.598. The third kappa shape index (κ3) is 4.28. The van der Waals surface area contributed by atoms with E-state index in [1.54, 1.807) is 0 Å². The highest BCUT2D eigenvalue weighted by atomic mass is 15.2. The van der Waals surface area contributed by atoms with Gasteiger partial charge in [0.1, 0.15) is 0 Å². The van der Waals surface area contributed by atoms with Crippen LogP contribution < -0.4 is 0 Å². The van der Waals surface area contributed by atoms with Crippen molar-refractivity contribution in [1.29, 1.82) is 0 Å². The number of rotatable bonds is 0. The topological polar surface area (TPSA) is 3.24 Å². The SMILES string of the molecule is CC1(C)CCC(C(C)(C)C)CN(C(C)(C)C)C1. The first-order valence-electron chi connectivity index (χ1n) is 7.17. The van der Waals surface area contributed by atoms with Gasteiger partial charge in [0.15, 0.2) is 0 Å². The van der Waals surface area contributed by atoms with Gasteiger partial charge in [-0.05, 0) is 50.4 Å².